The van der Waals surface area contributed by atoms with E-state index in [1.54, 1.807) is 75.4 Å². The zero-order valence-corrected chi connectivity index (χ0v) is 26.8. The molecule has 0 spiro atoms. The lowest BCUT2D eigenvalue weighted by Crippen LogP contribution is -2.36. The average molecular weight is 656 g/mol. The predicted octanol–water partition coefficient (Wildman–Crippen LogP) is 4.49. The Hall–Kier alpha value is -5.86. The molecule has 1 saturated carbocycles. The molecule has 0 saturated heterocycles. The molecule has 0 bridgehead atoms. The molecule has 1 aliphatic rings. The van der Waals surface area contributed by atoms with Gasteiger partial charge in [0.15, 0.2) is 5.82 Å². The van der Waals surface area contributed by atoms with E-state index in [4.69, 9.17) is 15.2 Å². The number of ether oxygens (including phenoxy) is 2. The summed E-state index contributed by atoms with van der Waals surface area (Å²) >= 11 is 0. The first-order valence-electron chi connectivity index (χ1n) is 15.2. The van der Waals surface area contributed by atoms with Crippen molar-refractivity contribution in [2.45, 2.75) is 51.7 Å². The summed E-state index contributed by atoms with van der Waals surface area (Å²) in [4.78, 5) is 51.8. The molecule has 1 amide bonds. The fourth-order valence-electron chi connectivity index (χ4n) is 5.20. The van der Waals surface area contributed by atoms with Crippen LogP contribution in [0, 0.1) is 5.82 Å². The van der Waals surface area contributed by atoms with E-state index in [2.05, 4.69) is 30.7 Å². The van der Waals surface area contributed by atoms with E-state index in [0.717, 1.165) is 18.4 Å². The maximum atomic E-state index is 15.4. The van der Waals surface area contributed by atoms with Crippen LogP contribution in [0.1, 0.15) is 50.7 Å². The van der Waals surface area contributed by atoms with E-state index in [-0.39, 0.29) is 29.7 Å². The number of halogens is 1. The maximum absolute atomic E-state index is 15.4. The number of fused-ring (bicyclic) bond motifs is 1. The Morgan fingerprint density at radius 1 is 1.12 bits per heavy atom. The van der Waals surface area contributed by atoms with Crippen molar-refractivity contribution in [1.82, 2.24) is 34.6 Å². The number of nitrogens with two attached hydrogens (primary N) is 1. The number of carbonyl (C=O) groups is 2. The van der Waals surface area contributed by atoms with Crippen LogP contribution in [0.4, 0.5) is 26.8 Å². The number of nitrogens with one attached hydrogen (secondary N) is 2. The van der Waals surface area contributed by atoms with Crippen LogP contribution in [-0.4, -0.2) is 53.5 Å². The zero-order valence-electron chi connectivity index (χ0n) is 26.8. The summed E-state index contributed by atoms with van der Waals surface area (Å²) in [5.41, 5.74) is 7.15. The maximum Gasteiger partial charge on any atom is 0.408 e. The van der Waals surface area contributed by atoms with Crippen molar-refractivity contribution < 1.29 is 23.5 Å². The quantitative estimate of drug-likeness (QED) is 0.190. The molecule has 1 aliphatic carbocycles. The minimum atomic E-state index is -0.788. The molecule has 5 aromatic rings. The van der Waals surface area contributed by atoms with Crippen molar-refractivity contribution in [2.75, 3.05) is 17.6 Å². The van der Waals surface area contributed by atoms with Crippen LogP contribution < -0.4 is 21.9 Å². The van der Waals surface area contributed by atoms with E-state index >= 15 is 4.39 Å². The number of amides is 1. The van der Waals surface area contributed by atoms with E-state index in [0.29, 0.717) is 33.8 Å². The second kappa shape index (κ2) is 12.7. The number of aromatic nitrogens is 6. The van der Waals surface area contributed by atoms with Crippen LogP contribution in [0.25, 0.3) is 27.8 Å². The van der Waals surface area contributed by atoms with Crippen LogP contribution in [-0.2, 0) is 27.9 Å². The summed E-state index contributed by atoms with van der Waals surface area (Å²) < 4.78 is 29.1. The number of anilines is 3. The van der Waals surface area contributed by atoms with E-state index in [9.17, 15) is 14.4 Å². The molecular formula is C33H34FN9O5. The number of alkyl carbamates (subject to hydrolysis) is 1. The van der Waals surface area contributed by atoms with Crippen LogP contribution in [0.5, 0.6) is 0 Å². The van der Waals surface area contributed by atoms with E-state index < -0.39 is 35.6 Å². The van der Waals surface area contributed by atoms with Crippen LogP contribution in [0.2, 0.25) is 0 Å². The highest BCUT2D eigenvalue weighted by atomic mass is 19.1. The Balaban J connectivity index is 1.39. The second-order valence-corrected chi connectivity index (χ2v) is 12.4. The lowest BCUT2D eigenvalue weighted by Gasteiger charge is -2.19. The smallest absolute Gasteiger partial charge is 0.408 e. The minimum absolute atomic E-state index is 0.0656. The molecule has 3 heterocycles. The average Bonchev–Trinajstić information content (AvgIpc) is 3.79. The monoisotopic (exact) mass is 655 g/mol. The van der Waals surface area contributed by atoms with Gasteiger partial charge < -0.3 is 25.8 Å². The molecule has 0 atom stereocenters. The lowest BCUT2D eigenvalue weighted by atomic mass is 10.0. The van der Waals surface area contributed by atoms with Crippen LogP contribution in [0.3, 0.4) is 0 Å². The number of pyridine rings is 1. The van der Waals surface area contributed by atoms with Gasteiger partial charge in [-0.2, -0.15) is 20.1 Å². The molecule has 4 N–H and O–H groups in total. The van der Waals surface area contributed by atoms with Gasteiger partial charge in [0.25, 0.3) is 5.56 Å². The number of rotatable bonds is 9. The molecule has 0 radical (unpaired) electrons. The molecule has 0 unspecified atom stereocenters. The molecule has 15 heteroatoms. The van der Waals surface area contributed by atoms with Gasteiger partial charge >= 0.3 is 12.1 Å². The number of esters is 1. The third-order valence-corrected chi connectivity index (χ3v) is 7.45. The summed E-state index contributed by atoms with van der Waals surface area (Å²) in [6.45, 7) is 4.24. The molecule has 0 aliphatic heterocycles. The Kier molecular flexibility index (Phi) is 8.52. The number of carbonyl (C=O) groups excluding carboxylic acids is 2. The third kappa shape index (κ3) is 7.24. The lowest BCUT2D eigenvalue weighted by molar-refractivity contribution is -0.143. The number of nitrogen functional groups attached to an aromatic ring is 1. The van der Waals surface area contributed by atoms with E-state index in [1.807, 2.05) is 6.07 Å². The predicted molar refractivity (Wildman–Crippen MR) is 175 cm³/mol. The van der Waals surface area contributed by atoms with Gasteiger partial charge in [0, 0.05) is 30.6 Å². The van der Waals surface area contributed by atoms with Gasteiger partial charge in [-0.25, -0.2) is 9.18 Å². The Morgan fingerprint density at radius 2 is 1.92 bits per heavy atom. The number of aryl methyl sites for hydroxylation is 1. The van der Waals surface area contributed by atoms with Gasteiger partial charge in [-0.15, -0.1) is 0 Å². The molecule has 1 fully saturated rings. The Morgan fingerprint density at radius 3 is 2.62 bits per heavy atom. The standard InChI is InChI=1S/C33H34FN9O5/c1-33(2,3)48-32(46)36-15-26(44)47-17-23-22(28-39-30(35)41-31(40-28)38-21-14-37-42(4)16-21)6-5-7-25(23)43-11-10-19-12-20(18-8-9-18)13-24(34)27(19)29(43)45/h5-7,10-14,16,18H,8-9,15,17H2,1-4H3,(H,36,46)(H3,35,38,39,40,41). The fourth-order valence-corrected chi connectivity index (χ4v) is 5.20. The highest BCUT2D eigenvalue weighted by molar-refractivity contribution is 5.84. The molecule has 3 aromatic heterocycles. The summed E-state index contributed by atoms with van der Waals surface area (Å²) in [7, 11) is 1.76. The number of nitrogens with zero attached hydrogens (tertiary/aromatic N) is 6. The summed E-state index contributed by atoms with van der Waals surface area (Å²) in [6.07, 6.45) is 6.04. The molecule has 48 heavy (non-hydrogen) atoms. The minimum Gasteiger partial charge on any atom is -0.459 e. The normalized spacial score (nSPS) is 12.9. The second-order valence-electron chi connectivity index (χ2n) is 12.4. The summed E-state index contributed by atoms with van der Waals surface area (Å²) in [5, 5.41) is 9.94. The van der Waals surface area contributed by atoms with Crippen molar-refractivity contribution in [3.05, 3.63) is 82.3 Å². The number of benzene rings is 2. The summed E-state index contributed by atoms with van der Waals surface area (Å²) in [5.74, 6) is -0.945. The van der Waals surface area contributed by atoms with Gasteiger partial charge in [0.05, 0.1) is 23.0 Å². The van der Waals surface area contributed by atoms with Crippen LogP contribution >= 0.6 is 0 Å². The highest BCUT2D eigenvalue weighted by Crippen LogP contribution is 2.41. The third-order valence-electron chi connectivity index (χ3n) is 7.45. The highest BCUT2D eigenvalue weighted by Gasteiger charge is 2.26. The first-order chi connectivity index (χ1) is 22.8. The van der Waals surface area contributed by atoms with Crippen LogP contribution in [0.15, 0.2) is 59.8 Å². The SMILES string of the molecule is Cn1cc(Nc2nc(N)nc(-c3cccc(-n4ccc5cc(C6CC6)cc(F)c5c4=O)c3COC(=O)CNC(=O)OC(C)(C)C)n2)cn1. The largest absolute Gasteiger partial charge is 0.459 e. The number of hydrogen-bond acceptors (Lipinski definition) is 11. The van der Waals surface area contributed by atoms with Gasteiger partial charge in [-0.3, -0.25) is 18.8 Å². The molecular weight excluding hydrogens is 621 g/mol. The zero-order chi connectivity index (χ0) is 34.2. The van der Waals surface area contributed by atoms with E-state index in [1.165, 1.54) is 10.6 Å². The molecule has 2 aromatic carbocycles. The topological polar surface area (TPSA) is 181 Å². The molecule has 6 rings (SSSR count). The van der Waals surface area contributed by atoms with Crippen molar-refractivity contribution in [3.63, 3.8) is 0 Å². The van der Waals surface area contributed by atoms with Gasteiger partial charge in [-0.05, 0) is 68.7 Å². The Bertz CT molecular complexity index is 2100. The fraction of sp³-hybridized carbons (Fsp3) is 0.303. The van der Waals surface area contributed by atoms with Gasteiger partial charge in [0.1, 0.15) is 24.6 Å². The number of hydrogen-bond donors (Lipinski definition) is 3. The van der Waals surface area contributed by atoms with Gasteiger partial charge in [-0.1, -0.05) is 18.2 Å². The Labute approximate surface area is 274 Å². The summed E-state index contributed by atoms with van der Waals surface area (Å²) in [6, 6.07) is 9.92. The molecule has 248 valence electrons. The van der Waals surface area contributed by atoms with Crippen molar-refractivity contribution in [2.24, 2.45) is 7.05 Å². The van der Waals surface area contributed by atoms with Crippen molar-refractivity contribution in [3.8, 4) is 17.1 Å². The molecule has 14 nitrogen and oxygen atoms in total. The van der Waals surface area contributed by atoms with Gasteiger partial charge in [0.2, 0.25) is 11.9 Å². The first kappa shape index (κ1) is 32.1. The first-order valence-corrected chi connectivity index (χ1v) is 15.2. The van der Waals surface area contributed by atoms with Crippen molar-refractivity contribution in [1.29, 1.82) is 0 Å². The van der Waals surface area contributed by atoms with Crippen molar-refractivity contribution >= 4 is 40.4 Å².